The van der Waals surface area contributed by atoms with Gasteiger partial charge < -0.3 is 9.67 Å². The Balaban J connectivity index is 0.00000240. The van der Waals surface area contributed by atoms with E-state index in [9.17, 15) is 4.79 Å². The second-order valence-electron chi connectivity index (χ2n) is 6.94. The van der Waals surface area contributed by atoms with E-state index >= 15 is 0 Å². The Morgan fingerprint density at radius 1 is 0.897 bits per heavy atom. The molecule has 4 rings (SSSR count). The number of fused-ring (bicyclic) bond motifs is 1. The van der Waals surface area contributed by atoms with E-state index in [1.54, 1.807) is 6.20 Å². The number of rotatable bonds is 7. The van der Waals surface area contributed by atoms with Crippen molar-refractivity contribution in [3.05, 3.63) is 95.8 Å². The minimum Gasteiger partial charge on any atom is -0.481 e. The average Bonchev–Trinajstić information content (AvgIpc) is 3.10. The molecule has 0 fully saturated rings. The number of aryl methyl sites for hydroxylation is 3. The number of carbonyl (C=O) groups is 1. The fourth-order valence-corrected chi connectivity index (χ4v) is 3.56. The van der Waals surface area contributed by atoms with Crippen LogP contribution in [0.25, 0.3) is 16.7 Å². The summed E-state index contributed by atoms with van der Waals surface area (Å²) >= 11 is 0. The van der Waals surface area contributed by atoms with Gasteiger partial charge in [-0.1, -0.05) is 42.5 Å². The van der Waals surface area contributed by atoms with E-state index in [1.807, 2.05) is 30.3 Å². The van der Waals surface area contributed by atoms with Gasteiger partial charge >= 0.3 is 5.97 Å². The molecule has 4 nitrogen and oxygen atoms in total. The maximum Gasteiger partial charge on any atom is 0.303 e. The summed E-state index contributed by atoms with van der Waals surface area (Å²) in [6.45, 7) is 0. The van der Waals surface area contributed by atoms with Gasteiger partial charge in [-0.05, 0) is 60.2 Å². The molecular formula is C24H23ClN2O2. The Morgan fingerprint density at radius 2 is 1.69 bits per heavy atom. The molecule has 0 amide bonds. The van der Waals surface area contributed by atoms with Crippen molar-refractivity contribution in [3.8, 4) is 5.82 Å². The Bertz CT molecular complexity index is 1090. The molecule has 2 aromatic heterocycles. The van der Waals surface area contributed by atoms with E-state index in [4.69, 9.17) is 5.11 Å². The van der Waals surface area contributed by atoms with Crippen LogP contribution >= 0.6 is 12.4 Å². The van der Waals surface area contributed by atoms with Crippen LogP contribution in [0.15, 0.2) is 79.1 Å². The summed E-state index contributed by atoms with van der Waals surface area (Å²) in [5.74, 6) is 0.118. The van der Waals surface area contributed by atoms with Crippen molar-refractivity contribution < 1.29 is 9.90 Å². The van der Waals surface area contributed by atoms with Gasteiger partial charge in [0, 0.05) is 24.2 Å². The second kappa shape index (κ2) is 9.39. The zero-order chi connectivity index (χ0) is 19.3. The molecule has 0 saturated heterocycles. The Hall–Kier alpha value is -3.11. The van der Waals surface area contributed by atoms with Gasteiger partial charge in [-0.25, -0.2) is 4.98 Å². The lowest BCUT2D eigenvalue weighted by Gasteiger charge is -2.05. The normalized spacial score (nSPS) is 10.6. The van der Waals surface area contributed by atoms with Gasteiger partial charge in [0.15, 0.2) is 0 Å². The summed E-state index contributed by atoms with van der Waals surface area (Å²) in [7, 11) is 0. The van der Waals surface area contributed by atoms with Crippen molar-refractivity contribution in [1.29, 1.82) is 0 Å². The first kappa shape index (κ1) is 20.6. The van der Waals surface area contributed by atoms with Gasteiger partial charge in [0.25, 0.3) is 0 Å². The van der Waals surface area contributed by atoms with E-state index in [0.717, 1.165) is 29.7 Å². The van der Waals surface area contributed by atoms with Gasteiger partial charge in [-0.3, -0.25) is 4.79 Å². The molecule has 0 aliphatic carbocycles. The molecule has 0 aliphatic heterocycles. The number of benzene rings is 2. The highest BCUT2D eigenvalue weighted by Crippen LogP contribution is 2.27. The fraction of sp³-hybridized carbons (Fsp3) is 0.167. The molecule has 0 radical (unpaired) electrons. The first-order chi connectivity index (χ1) is 13.7. The molecule has 0 bridgehead atoms. The van der Waals surface area contributed by atoms with Crippen LogP contribution in [0.3, 0.4) is 0 Å². The van der Waals surface area contributed by atoms with E-state index < -0.39 is 5.97 Å². The van der Waals surface area contributed by atoms with Crippen LogP contribution in [0.5, 0.6) is 0 Å². The van der Waals surface area contributed by atoms with Gasteiger partial charge in [-0.15, -0.1) is 12.4 Å². The standard InChI is InChI=1S/C24H22N2O2.ClH/c27-24(28)14-11-19-10-13-22-21(16-19)20(12-9-18-6-2-1-3-7-18)17-26(22)23-8-4-5-15-25-23;/h1-8,10,13,15-17H,9,11-12,14H2,(H,27,28);1H. The van der Waals surface area contributed by atoms with Crippen LogP contribution in [0.4, 0.5) is 0 Å². The molecule has 5 heteroatoms. The van der Waals surface area contributed by atoms with Crippen LogP contribution in [0, 0.1) is 0 Å². The minimum absolute atomic E-state index is 0. The van der Waals surface area contributed by atoms with Crippen LogP contribution in [-0.4, -0.2) is 20.6 Å². The lowest BCUT2D eigenvalue weighted by Crippen LogP contribution is -1.98. The molecule has 148 valence electrons. The summed E-state index contributed by atoms with van der Waals surface area (Å²) in [4.78, 5) is 15.4. The van der Waals surface area contributed by atoms with Crippen molar-refractivity contribution in [2.75, 3.05) is 0 Å². The number of aliphatic carboxylic acids is 1. The SMILES string of the molecule is Cl.O=C(O)CCc1ccc2c(c1)c(CCc1ccccc1)cn2-c1ccccn1. The molecule has 1 N–H and O–H groups in total. The van der Waals surface area contributed by atoms with Gasteiger partial charge in [0.1, 0.15) is 5.82 Å². The molecule has 2 aromatic carbocycles. The number of pyridine rings is 1. The quantitative estimate of drug-likeness (QED) is 0.456. The number of carboxylic acids is 1. The Kier molecular flexibility index (Phi) is 6.68. The summed E-state index contributed by atoms with van der Waals surface area (Å²) in [6.07, 6.45) is 6.52. The van der Waals surface area contributed by atoms with Crippen molar-refractivity contribution in [1.82, 2.24) is 9.55 Å². The van der Waals surface area contributed by atoms with Crippen LogP contribution in [0.2, 0.25) is 0 Å². The monoisotopic (exact) mass is 406 g/mol. The highest BCUT2D eigenvalue weighted by Gasteiger charge is 2.12. The summed E-state index contributed by atoms with van der Waals surface area (Å²) in [5, 5.41) is 10.2. The molecule has 0 saturated carbocycles. The molecule has 0 spiro atoms. The molecule has 0 aliphatic rings. The highest BCUT2D eigenvalue weighted by atomic mass is 35.5. The van der Waals surface area contributed by atoms with Gasteiger partial charge in [-0.2, -0.15) is 0 Å². The fourth-order valence-electron chi connectivity index (χ4n) is 3.56. The second-order valence-corrected chi connectivity index (χ2v) is 6.94. The maximum atomic E-state index is 10.9. The van der Waals surface area contributed by atoms with Crippen LogP contribution in [0.1, 0.15) is 23.1 Å². The number of halogens is 1. The van der Waals surface area contributed by atoms with E-state index in [1.165, 1.54) is 16.5 Å². The largest absolute Gasteiger partial charge is 0.481 e. The molecular weight excluding hydrogens is 384 g/mol. The lowest BCUT2D eigenvalue weighted by molar-refractivity contribution is -0.136. The maximum absolute atomic E-state index is 10.9. The smallest absolute Gasteiger partial charge is 0.303 e. The zero-order valence-corrected chi connectivity index (χ0v) is 16.8. The number of aromatic nitrogens is 2. The third kappa shape index (κ3) is 4.84. The molecule has 2 heterocycles. The van der Waals surface area contributed by atoms with Crippen LogP contribution < -0.4 is 0 Å². The molecule has 4 aromatic rings. The topological polar surface area (TPSA) is 55.1 Å². The predicted molar refractivity (Wildman–Crippen MR) is 118 cm³/mol. The average molecular weight is 407 g/mol. The predicted octanol–water partition coefficient (Wildman–Crippen LogP) is 5.25. The minimum atomic E-state index is -0.768. The Labute approximate surface area is 176 Å². The number of nitrogens with zero attached hydrogens (tertiary/aromatic N) is 2. The third-order valence-electron chi connectivity index (χ3n) is 5.00. The van der Waals surface area contributed by atoms with Crippen molar-refractivity contribution in [2.45, 2.75) is 25.7 Å². The lowest BCUT2D eigenvalue weighted by atomic mass is 10.0. The van der Waals surface area contributed by atoms with Crippen molar-refractivity contribution >= 4 is 29.3 Å². The van der Waals surface area contributed by atoms with E-state index in [-0.39, 0.29) is 18.8 Å². The number of carboxylic acid groups (broad SMARTS) is 1. The number of hydrogen-bond donors (Lipinski definition) is 1. The first-order valence-corrected chi connectivity index (χ1v) is 9.51. The molecule has 29 heavy (non-hydrogen) atoms. The van der Waals surface area contributed by atoms with Crippen molar-refractivity contribution in [3.63, 3.8) is 0 Å². The molecule has 0 atom stereocenters. The third-order valence-corrected chi connectivity index (χ3v) is 5.00. The van der Waals surface area contributed by atoms with Gasteiger partial charge in [0.05, 0.1) is 5.52 Å². The summed E-state index contributed by atoms with van der Waals surface area (Å²) < 4.78 is 2.12. The zero-order valence-electron chi connectivity index (χ0n) is 16.0. The summed E-state index contributed by atoms with van der Waals surface area (Å²) in [5.41, 5.74) is 4.71. The van der Waals surface area contributed by atoms with Gasteiger partial charge in [0.2, 0.25) is 0 Å². The Morgan fingerprint density at radius 3 is 2.41 bits per heavy atom. The molecule has 0 unspecified atom stereocenters. The number of hydrogen-bond acceptors (Lipinski definition) is 2. The van der Waals surface area contributed by atoms with Crippen molar-refractivity contribution in [2.24, 2.45) is 0 Å². The highest BCUT2D eigenvalue weighted by molar-refractivity contribution is 5.86. The first-order valence-electron chi connectivity index (χ1n) is 9.51. The van der Waals surface area contributed by atoms with E-state index in [0.29, 0.717) is 6.42 Å². The van der Waals surface area contributed by atoms with Crippen LogP contribution in [-0.2, 0) is 24.1 Å². The van der Waals surface area contributed by atoms with E-state index in [2.05, 4.69) is 52.1 Å². The summed E-state index contributed by atoms with van der Waals surface area (Å²) in [6, 6.07) is 22.6.